The zero-order valence-corrected chi connectivity index (χ0v) is 16.8. The van der Waals surface area contributed by atoms with Crippen LogP contribution in [-0.4, -0.2) is 17.4 Å². The summed E-state index contributed by atoms with van der Waals surface area (Å²) in [6.45, 7) is 7.99. The molecule has 0 aliphatic heterocycles. The molecule has 0 saturated heterocycles. The van der Waals surface area contributed by atoms with Crippen LogP contribution < -0.4 is 4.80 Å². The van der Waals surface area contributed by atoms with Gasteiger partial charge in [-0.25, -0.2) is 8.94 Å². The van der Waals surface area contributed by atoms with E-state index in [0.29, 0.717) is 0 Å². The monoisotopic (exact) mass is 387 g/mol. The van der Waals surface area contributed by atoms with E-state index in [2.05, 4.69) is 9.38 Å². The Morgan fingerprint density at radius 1 is 0.962 bits per heavy atom. The van der Waals surface area contributed by atoms with Crippen molar-refractivity contribution in [2.24, 2.45) is 4.40 Å². The quantitative estimate of drug-likeness (QED) is 0.680. The van der Waals surface area contributed by atoms with Gasteiger partial charge in [-0.3, -0.25) is 0 Å². The lowest BCUT2D eigenvalue weighted by molar-refractivity contribution is 0.596. The molecule has 136 valence electrons. The molecule has 1 aromatic heterocycles. The van der Waals surface area contributed by atoms with Crippen LogP contribution in [0, 0.1) is 13.8 Å². The first-order valence-corrected chi connectivity index (χ1v) is 10.5. The molecular formula is C19H21N3O2S2. The van der Waals surface area contributed by atoms with E-state index < -0.39 is 10.0 Å². The Labute approximate surface area is 157 Å². The van der Waals surface area contributed by atoms with Gasteiger partial charge in [-0.05, 0) is 49.6 Å². The Hall–Kier alpha value is -2.25. The Bertz CT molecular complexity index is 1080. The van der Waals surface area contributed by atoms with E-state index in [1.807, 2.05) is 55.9 Å². The molecule has 0 aliphatic carbocycles. The van der Waals surface area contributed by atoms with Gasteiger partial charge in [0, 0.05) is 5.92 Å². The van der Waals surface area contributed by atoms with Crippen LogP contribution in [0.2, 0.25) is 0 Å². The number of hydrogen-bond acceptors (Lipinski definition) is 4. The summed E-state index contributed by atoms with van der Waals surface area (Å²) < 4.78 is 31.0. The highest BCUT2D eigenvalue weighted by atomic mass is 32.2. The molecule has 0 amide bonds. The number of aromatic nitrogens is 2. The van der Waals surface area contributed by atoms with Crippen LogP contribution in [0.5, 0.6) is 0 Å². The van der Waals surface area contributed by atoms with Crippen LogP contribution in [-0.2, 0) is 10.0 Å². The molecule has 0 fully saturated rings. The second-order valence-electron chi connectivity index (χ2n) is 6.51. The zero-order valence-electron chi connectivity index (χ0n) is 15.2. The van der Waals surface area contributed by atoms with Crippen LogP contribution >= 0.6 is 11.5 Å². The van der Waals surface area contributed by atoms with Crippen molar-refractivity contribution in [2.45, 2.75) is 38.5 Å². The van der Waals surface area contributed by atoms with Crippen LogP contribution in [0.1, 0.15) is 36.7 Å². The topological polar surface area (TPSA) is 64.3 Å². The number of hydrogen-bond donors (Lipinski definition) is 0. The third-order valence-electron chi connectivity index (χ3n) is 3.89. The van der Waals surface area contributed by atoms with E-state index in [1.165, 1.54) is 11.5 Å². The molecule has 5 nitrogen and oxygen atoms in total. The van der Waals surface area contributed by atoms with Crippen LogP contribution in [0.3, 0.4) is 0 Å². The number of aryl methyl sites for hydroxylation is 2. The normalized spacial score (nSPS) is 12.7. The van der Waals surface area contributed by atoms with Crippen molar-refractivity contribution in [3.8, 4) is 5.69 Å². The van der Waals surface area contributed by atoms with Crippen molar-refractivity contribution in [3.63, 3.8) is 0 Å². The highest BCUT2D eigenvalue weighted by Gasteiger charge is 2.16. The molecule has 3 rings (SSSR count). The van der Waals surface area contributed by atoms with Gasteiger partial charge in [0.15, 0.2) is 0 Å². The van der Waals surface area contributed by atoms with Gasteiger partial charge < -0.3 is 0 Å². The van der Waals surface area contributed by atoms with Crippen molar-refractivity contribution >= 4 is 21.6 Å². The molecule has 0 saturated carbocycles. The minimum absolute atomic E-state index is 0.138. The van der Waals surface area contributed by atoms with Gasteiger partial charge in [-0.2, -0.15) is 8.42 Å². The van der Waals surface area contributed by atoms with E-state index in [-0.39, 0.29) is 15.6 Å². The SMILES string of the molecule is Cc1ccc(-n2s/c(=N\S(=O)(=O)c3ccc(C)cc3)nc2C(C)C)cc1. The summed E-state index contributed by atoms with van der Waals surface area (Å²) in [7, 11) is -3.79. The molecule has 7 heteroatoms. The minimum atomic E-state index is -3.79. The average molecular weight is 388 g/mol. The smallest absolute Gasteiger partial charge is 0.249 e. The van der Waals surface area contributed by atoms with Crippen LogP contribution in [0.4, 0.5) is 0 Å². The van der Waals surface area contributed by atoms with Gasteiger partial charge in [-0.1, -0.05) is 49.2 Å². The van der Waals surface area contributed by atoms with Gasteiger partial charge in [-0.15, -0.1) is 4.40 Å². The molecule has 0 N–H and O–H groups in total. The van der Waals surface area contributed by atoms with E-state index in [1.54, 1.807) is 24.3 Å². The first-order valence-electron chi connectivity index (χ1n) is 8.31. The number of rotatable bonds is 4. The lowest BCUT2D eigenvalue weighted by Gasteiger charge is -2.08. The third-order valence-corrected chi connectivity index (χ3v) is 6.22. The maximum atomic E-state index is 12.6. The number of sulfonamides is 1. The van der Waals surface area contributed by atoms with E-state index in [0.717, 1.165) is 22.6 Å². The highest BCUT2D eigenvalue weighted by Crippen LogP contribution is 2.20. The van der Waals surface area contributed by atoms with Gasteiger partial charge >= 0.3 is 0 Å². The van der Waals surface area contributed by atoms with Gasteiger partial charge in [0.1, 0.15) is 5.82 Å². The predicted octanol–water partition coefficient (Wildman–Crippen LogP) is 3.96. The van der Waals surface area contributed by atoms with Gasteiger partial charge in [0.25, 0.3) is 10.0 Å². The van der Waals surface area contributed by atoms with Crippen LogP contribution in [0.25, 0.3) is 5.69 Å². The summed E-state index contributed by atoms with van der Waals surface area (Å²) in [4.78, 5) is 4.88. The fourth-order valence-corrected chi connectivity index (χ4v) is 4.55. The zero-order chi connectivity index (χ0) is 18.9. The average Bonchev–Trinajstić information content (AvgIpc) is 2.99. The van der Waals surface area contributed by atoms with Gasteiger partial charge in [0.05, 0.1) is 10.6 Å². The second kappa shape index (κ2) is 7.17. The molecule has 1 heterocycles. The number of nitrogens with zero attached hydrogens (tertiary/aromatic N) is 3. The largest absolute Gasteiger partial charge is 0.285 e. The first-order chi connectivity index (χ1) is 12.3. The summed E-state index contributed by atoms with van der Waals surface area (Å²) in [6.07, 6.45) is 0. The summed E-state index contributed by atoms with van der Waals surface area (Å²) >= 11 is 1.23. The minimum Gasteiger partial charge on any atom is -0.249 e. The Morgan fingerprint density at radius 3 is 2.04 bits per heavy atom. The molecule has 0 radical (unpaired) electrons. The van der Waals surface area contributed by atoms with Crippen molar-refractivity contribution < 1.29 is 8.42 Å². The Balaban J connectivity index is 2.11. The van der Waals surface area contributed by atoms with Crippen LogP contribution in [0.15, 0.2) is 57.8 Å². The molecule has 26 heavy (non-hydrogen) atoms. The molecule has 0 spiro atoms. The summed E-state index contributed by atoms with van der Waals surface area (Å²) in [5.41, 5.74) is 3.11. The maximum Gasteiger partial charge on any atom is 0.285 e. The second-order valence-corrected chi connectivity index (χ2v) is 9.02. The summed E-state index contributed by atoms with van der Waals surface area (Å²) in [6, 6.07) is 14.7. The molecule has 0 aliphatic rings. The van der Waals surface area contributed by atoms with E-state index in [9.17, 15) is 8.42 Å². The van der Waals surface area contributed by atoms with E-state index in [4.69, 9.17) is 0 Å². The van der Waals surface area contributed by atoms with Gasteiger partial charge in [0.2, 0.25) is 4.80 Å². The lowest BCUT2D eigenvalue weighted by atomic mass is 10.2. The summed E-state index contributed by atoms with van der Waals surface area (Å²) in [5, 5.41) is 0. The Kier molecular flexibility index (Phi) is 5.11. The molecule has 0 bridgehead atoms. The van der Waals surface area contributed by atoms with Crippen molar-refractivity contribution in [1.82, 2.24) is 8.94 Å². The highest BCUT2D eigenvalue weighted by molar-refractivity contribution is 7.90. The fraction of sp³-hybridized carbons (Fsp3) is 0.263. The maximum absolute atomic E-state index is 12.6. The molecule has 2 aromatic carbocycles. The van der Waals surface area contributed by atoms with E-state index >= 15 is 0 Å². The molecule has 0 unspecified atom stereocenters. The Morgan fingerprint density at radius 2 is 1.50 bits per heavy atom. The predicted molar refractivity (Wildman–Crippen MR) is 104 cm³/mol. The van der Waals surface area contributed by atoms with Crippen molar-refractivity contribution in [1.29, 1.82) is 0 Å². The standard InChI is InChI=1S/C19H21N3O2S2/c1-13(2)18-20-19(25-22(18)16-9-5-14(3)6-10-16)21-26(23,24)17-11-7-15(4)8-12-17/h5-13H,1-4H3/b21-19-. The fourth-order valence-electron chi connectivity index (χ4n) is 2.42. The number of benzene rings is 2. The van der Waals surface area contributed by atoms with Crippen molar-refractivity contribution in [3.05, 3.63) is 70.3 Å². The molecular weight excluding hydrogens is 366 g/mol. The lowest BCUT2D eigenvalue weighted by Crippen LogP contribution is -2.07. The molecule has 3 aromatic rings. The first kappa shape index (κ1) is 18.5. The van der Waals surface area contributed by atoms with Crippen molar-refractivity contribution in [2.75, 3.05) is 0 Å². The summed E-state index contributed by atoms with van der Waals surface area (Å²) in [5.74, 6) is 0.926. The molecule has 0 atom stereocenters. The third kappa shape index (κ3) is 3.94.